The minimum Gasteiger partial charge on any atom is -0.289 e. The SMILES string of the molecule is O=C1C=CC(=O)N1.O=[P+](O)O.O=[P+](O)O. The molecule has 0 aromatic heterocycles. The Morgan fingerprint density at radius 2 is 1.07 bits per heavy atom. The van der Waals surface area contributed by atoms with Gasteiger partial charge in [-0.1, -0.05) is 0 Å². The van der Waals surface area contributed by atoms with Crippen molar-refractivity contribution >= 4 is 28.3 Å². The Labute approximate surface area is 85.0 Å². The van der Waals surface area contributed by atoms with Crippen molar-refractivity contribution in [1.29, 1.82) is 0 Å². The van der Waals surface area contributed by atoms with Crippen molar-refractivity contribution < 1.29 is 38.3 Å². The molecule has 0 aromatic carbocycles. The van der Waals surface area contributed by atoms with Crippen LogP contribution in [0.1, 0.15) is 0 Å². The van der Waals surface area contributed by atoms with E-state index in [1.165, 1.54) is 12.2 Å². The fourth-order valence-corrected chi connectivity index (χ4v) is 0.356. The minimum absolute atomic E-state index is 0.329. The van der Waals surface area contributed by atoms with E-state index in [0.717, 1.165) is 0 Å². The van der Waals surface area contributed by atoms with Crippen LogP contribution in [0, 0.1) is 0 Å². The molecule has 15 heavy (non-hydrogen) atoms. The normalized spacial score (nSPS) is 11.7. The average Bonchev–Trinajstić information content (AvgIpc) is 2.31. The molecule has 1 heterocycles. The van der Waals surface area contributed by atoms with Crippen molar-refractivity contribution in [3.05, 3.63) is 12.2 Å². The van der Waals surface area contributed by atoms with Crippen LogP contribution < -0.4 is 5.32 Å². The maximum absolute atomic E-state index is 10.0. The lowest BCUT2D eigenvalue weighted by Crippen LogP contribution is -2.19. The van der Waals surface area contributed by atoms with Gasteiger partial charge in [-0.25, -0.2) is 0 Å². The molecule has 2 amide bonds. The van der Waals surface area contributed by atoms with Crippen molar-refractivity contribution in [3.63, 3.8) is 0 Å². The fourth-order valence-electron chi connectivity index (χ4n) is 0.356. The van der Waals surface area contributed by atoms with E-state index >= 15 is 0 Å². The summed E-state index contributed by atoms with van der Waals surface area (Å²) in [5.41, 5.74) is 0. The van der Waals surface area contributed by atoms with Crippen molar-refractivity contribution in [1.82, 2.24) is 5.32 Å². The first-order valence-corrected chi connectivity index (χ1v) is 5.31. The van der Waals surface area contributed by atoms with Gasteiger partial charge in [-0.2, -0.15) is 0 Å². The van der Waals surface area contributed by atoms with E-state index < -0.39 is 16.5 Å². The maximum atomic E-state index is 10.0. The van der Waals surface area contributed by atoms with Gasteiger partial charge in [0.05, 0.1) is 0 Å². The number of hydrogen-bond donors (Lipinski definition) is 5. The lowest BCUT2D eigenvalue weighted by molar-refractivity contribution is -0.123. The summed E-state index contributed by atoms with van der Waals surface area (Å²) in [7, 11) is -5.74. The summed E-state index contributed by atoms with van der Waals surface area (Å²) in [6.07, 6.45) is 2.39. The molecule has 0 aromatic rings. The molecular weight excluding hydrogens is 252 g/mol. The predicted molar refractivity (Wildman–Crippen MR) is 46.4 cm³/mol. The smallest absolute Gasteiger partial charge is 0.289 e. The Kier molecular flexibility index (Phi) is 10.3. The van der Waals surface area contributed by atoms with Gasteiger partial charge in [-0.15, -0.1) is 19.6 Å². The minimum atomic E-state index is -2.87. The molecule has 0 fully saturated rings. The third kappa shape index (κ3) is 24.6. The summed E-state index contributed by atoms with van der Waals surface area (Å²) >= 11 is 0. The number of carbonyl (C=O) groups excluding carboxylic acids is 2. The van der Waals surface area contributed by atoms with Crippen molar-refractivity contribution in [3.8, 4) is 0 Å². The Morgan fingerprint density at radius 3 is 1.13 bits per heavy atom. The number of hydrogen-bond acceptors (Lipinski definition) is 4. The van der Waals surface area contributed by atoms with Gasteiger partial charge in [0.2, 0.25) is 0 Å². The maximum Gasteiger partial charge on any atom is 0.692 e. The van der Waals surface area contributed by atoms with Gasteiger partial charge in [0.25, 0.3) is 11.8 Å². The molecule has 1 aliphatic heterocycles. The van der Waals surface area contributed by atoms with Gasteiger partial charge in [0.15, 0.2) is 0 Å². The van der Waals surface area contributed by atoms with E-state index in [1.54, 1.807) is 0 Å². The summed E-state index contributed by atoms with van der Waals surface area (Å²) in [4.78, 5) is 48.6. The number of imide groups is 1. The first-order valence-electron chi connectivity index (χ1n) is 2.98. The van der Waals surface area contributed by atoms with Crippen LogP contribution in [-0.2, 0) is 18.7 Å². The van der Waals surface area contributed by atoms with Gasteiger partial charge in [-0.3, -0.25) is 14.9 Å². The Bertz CT molecular complexity index is 263. The monoisotopic (exact) mass is 259 g/mol. The van der Waals surface area contributed by atoms with Gasteiger partial charge in [0.1, 0.15) is 0 Å². The first kappa shape index (κ1) is 16.4. The summed E-state index contributed by atoms with van der Waals surface area (Å²) in [5, 5.41) is 2.03. The molecule has 0 saturated heterocycles. The van der Waals surface area contributed by atoms with Crippen molar-refractivity contribution in [2.24, 2.45) is 0 Å². The Morgan fingerprint density at radius 1 is 0.867 bits per heavy atom. The molecule has 0 spiro atoms. The third-order valence-corrected chi connectivity index (χ3v) is 0.632. The van der Waals surface area contributed by atoms with E-state index in [4.69, 9.17) is 28.7 Å². The Hall–Kier alpha value is -1.08. The third-order valence-electron chi connectivity index (χ3n) is 0.632. The molecule has 0 unspecified atom stereocenters. The van der Waals surface area contributed by atoms with Crippen LogP contribution in [0.4, 0.5) is 0 Å². The van der Waals surface area contributed by atoms with E-state index in [-0.39, 0.29) is 11.8 Å². The zero-order valence-corrected chi connectivity index (χ0v) is 8.76. The standard InChI is InChI=1S/C4H3NO2.2HO3P/c6-3-1-2-4(7)5-3;2*1-4(2)3/h1-2H,(H,5,6,7);2*(H-,1,2,3)/p+2. The van der Waals surface area contributed by atoms with E-state index in [2.05, 4.69) is 0 Å². The molecule has 1 rings (SSSR count). The number of nitrogens with one attached hydrogen (secondary N) is 1. The molecule has 0 atom stereocenters. The zero-order valence-electron chi connectivity index (χ0n) is 6.97. The summed E-state index contributed by atoms with van der Waals surface area (Å²) in [6, 6.07) is 0. The van der Waals surface area contributed by atoms with Gasteiger partial charge >= 0.3 is 16.5 Å². The van der Waals surface area contributed by atoms with Crippen LogP contribution in [0.15, 0.2) is 12.2 Å². The largest absolute Gasteiger partial charge is 0.692 e. The summed E-state index contributed by atoms with van der Waals surface area (Å²) in [6.45, 7) is 0. The highest BCUT2D eigenvalue weighted by Gasteiger charge is 2.06. The molecule has 9 nitrogen and oxygen atoms in total. The van der Waals surface area contributed by atoms with Crippen LogP contribution in [0.3, 0.4) is 0 Å². The lowest BCUT2D eigenvalue weighted by atomic mass is 10.6. The van der Waals surface area contributed by atoms with E-state index in [0.29, 0.717) is 0 Å². The van der Waals surface area contributed by atoms with Crippen LogP contribution >= 0.6 is 16.5 Å². The predicted octanol–water partition coefficient (Wildman–Crippen LogP) is -1.54. The number of amides is 2. The molecule has 5 N–H and O–H groups in total. The zero-order chi connectivity index (χ0) is 12.4. The fraction of sp³-hybridized carbons (Fsp3) is 0. The van der Waals surface area contributed by atoms with Crippen LogP contribution in [0.2, 0.25) is 0 Å². The van der Waals surface area contributed by atoms with E-state index in [1.807, 2.05) is 5.32 Å². The van der Waals surface area contributed by atoms with Crippen molar-refractivity contribution in [2.45, 2.75) is 0 Å². The van der Waals surface area contributed by atoms with E-state index in [9.17, 15) is 9.59 Å². The summed E-state index contributed by atoms with van der Waals surface area (Å²) < 4.78 is 17.4. The highest BCUT2D eigenvalue weighted by molar-refractivity contribution is 7.31. The van der Waals surface area contributed by atoms with Gasteiger partial charge < -0.3 is 0 Å². The topological polar surface area (TPSA) is 161 Å². The van der Waals surface area contributed by atoms with Crippen LogP contribution in [0.5, 0.6) is 0 Å². The Balaban J connectivity index is 0. The van der Waals surface area contributed by atoms with Crippen LogP contribution in [-0.4, -0.2) is 31.4 Å². The molecule has 1 aliphatic rings. The lowest BCUT2D eigenvalue weighted by Gasteiger charge is -1.80. The van der Waals surface area contributed by atoms with Crippen LogP contribution in [0.25, 0.3) is 0 Å². The van der Waals surface area contributed by atoms with Gasteiger partial charge in [-0.05, 0) is 0 Å². The second-order valence-electron chi connectivity index (χ2n) is 1.69. The molecule has 11 heteroatoms. The highest BCUT2D eigenvalue weighted by atomic mass is 31.1. The molecule has 0 radical (unpaired) electrons. The first-order chi connectivity index (χ1) is 6.75. The molecule has 84 valence electrons. The molecule has 0 saturated carbocycles. The highest BCUT2D eigenvalue weighted by Crippen LogP contribution is 1.98. The molecular formula is C4H7NO8P2+2. The molecule has 0 aliphatic carbocycles. The quantitative estimate of drug-likeness (QED) is 0.258. The second kappa shape index (κ2) is 9.47. The number of carbonyl (C=O) groups is 2. The second-order valence-corrected chi connectivity index (χ2v) is 2.70. The summed E-state index contributed by atoms with van der Waals surface area (Å²) in [5.74, 6) is -0.657. The average molecular weight is 259 g/mol. The van der Waals surface area contributed by atoms with Gasteiger partial charge in [0, 0.05) is 21.3 Å². The number of rotatable bonds is 0. The molecule has 0 bridgehead atoms. The van der Waals surface area contributed by atoms with Crippen molar-refractivity contribution in [2.75, 3.05) is 0 Å².